The molecular weight excluding hydrogens is 254 g/mol. The van der Waals surface area contributed by atoms with Crippen LogP contribution >= 0.6 is 0 Å². The van der Waals surface area contributed by atoms with Crippen molar-refractivity contribution in [1.29, 1.82) is 0 Å². The summed E-state index contributed by atoms with van der Waals surface area (Å²) in [5, 5.41) is 3.68. The molecule has 0 aliphatic heterocycles. The molecule has 1 unspecified atom stereocenters. The second-order valence-corrected chi connectivity index (χ2v) is 7.39. The van der Waals surface area contributed by atoms with E-state index >= 15 is 0 Å². The molecule has 2 rings (SSSR count). The predicted octanol–water partition coefficient (Wildman–Crippen LogP) is 5.20. The molecule has 118 valence electrons. The smallest absolute Gasteiger partial charge is 0.0121 e. The highest BCUT2D eigenvalue weighted by atomic mass is 14.9. The van der Waals surface area contributed by atoms with E-state index in [0.29, 0.717) is 11.5 Å². The zero-order chi connectivity index (χ0) is 15.1. The van der Waals surface area contributed by atoms with Crippen LogP contribution in [0.3, 0.4) is 0 Å². The number of aryl methyl sites for hydroxylation is 1. The van der Waals surface area contributed by atoms with Crippen LogP contribution in [0.1, 0.15) is 64.4 Å². The van der Waals surface area contributed by atoms with Crippen LogP contribution in [0.15, 0.2) is 30.3 Å². The van der Waals surface area contributed by atoms with Crippen molar-refractivity contribution in [3.05, 3.63) is 35.9 Å². The molecule has 1 heteroatoms. The lowest BCUT2D eigenvalue weighted by atomic mass is 9.71. The first-order chi connectivity index (χ1) is 10.2. The third kappa shape index (κ3) is 4.57. The molecule has 1 aromatic carbocycles. The van der Waals surface area contributed by atoms with Gasteiger partial charge in [0.2, 0.25) is 0 Å². The Bertz CT molecular complexity index is 390. The summed E-state index contributed by atoms with van der Waals surface area (Å²) in [5.74, 6) is 0.813. The van der Waals surface area contributed by atoms with Gasteiger partial charge in [0.1, 0.15) is 0 Å². The summed E-state index contributed by atoms with van der Waals surface area (Å²) >= 11 is 0. The van der Waals surface area contributed by atoms with Gasteiger partial charge in [-0.25, -0.2) is 0 Å². The van der Waals surface area contributed by atoms with Crippen LogP contribution in [0.4, 0.5) is 0 Å². The second-order valence-electron chi connectivity index (χ2n) is 7.39. The van der Waals surface area contributed by atoms with Crippen LogP contribution in [0.5, 0.6) is 0 Å². The number of benzene rings is 1. The second kappa shape index (κ2) is 7.98. The summed E-state index contributed by atoms with van der Waals surface area (Å²) in [6.07, 6.45) is 11.0. The van der Waals surface area contributed by atoms with Crippen molar-refractivity contribution in [2.75, 3.05) is 7.05 Å². The van der Waals surface area contributed by atoms with Gasteiger partial charge < -0.3 is 5.32 Å². The van der Waals surface area contributed by atoms with Crippen LogP contribution in [-0.2, 0) is 6.42 Å². The third-order valence-electron chi connectivity index (χ3n) is 5.30. The average molecular weight is 287 g/mol. The fourth-order valence-corrected chi connectivity index (χ4v) is 4.50. The van der Waals surface area contributed by atoms with E-state index in [4.69, 9.17) is 0 Å². The Balaban J connectivity index is 1.91. The Kier molecular flexibility index (Phi) is 6.29. The van der Waals surface area contributed by atoms with Crippen LogP contribution in [-0.4, -0.2) is 13.1 Å². The predicted molar refractivity (Wildman–Crippen MR) is 92.6 cm³/mol. The fraction of sp³-hybridized carbons (Fsp3) is 0.700. The Morgan fingerprint density at radius 2 is 1.76 bits per heavy atom. The van der Waals surface area contributed by atoms with Gasteiger partial charge in [0.15, 0.2) is 0 Å². The van der Waals surface area contributed by atoms with Crippen molar-refractivity contribution in [3.63, 3.8) is 0 Å². The highest BCUT2D eigenvalue weighted by Gasteiger charge is 2.40. The van der Waals surface area contributed by atoms with Gasteiger partial charge in [0, 0.05) is 6.04 Å². The monoisotopic (exact) mass is 287 g/mol. The number of rotatable bonds is 8. The summed E-state index contributed by atoms with van der Waals surface area (Å²) in [4.78, 5) is 0. The fourth-order valence-electron chi connectivity index (χ4n) is 4.50. The molecule has 1 nitrogen and oxygen atoms in total. The van der Waals surface area contributed by atoms with E-state index < -0.39 is 0 Å². The Hall–Kier alpha value is -0.820. The summed E-state index contributed by atoms with van der Waals surface area (Å²) < 4.78 is 0. The topological polar surface area (TPSA) is 12.0 Å². The van der Waals surface area contributed by atoms with Crippen molar-refractivity contribution in [1.82, 2.24) is 5.32 Å². The molecule has 1 aliphatic carbocycles. The van der Waals surface area contributed by atoms with Crippen molar-refractivity contribution < 1.29 is 0 Å². The van der Waals surface area contributed by atoms with E-state index in [1.54, 1.807) is 0 Å². The minimum atomic E-state index is 0.569. The standard InChI is InChI=1S/C20H33N/c1-17(2)16-20(14-7-8-15-20)19(21-3)13-9-12-18-10-5-4-6-11-18/h4-6,10-11,17,19,21H,7-9,12-16H2,1-3H3. The first-order valence-corrected chi connectivity index (χ1v) is 8.87. The van der Waals surface area contributed by atoms with Gasteiger partial charge in [0.25, 0.3) is 0 Å². The van der Waals surface area contributed by atoms with Gasteiger partial charge in [-0.05, 0) is 62.5 Å². The molecule has 21 heavy (non-hydrogen) atoms. The molecule has 0 saturated heterocycles. The van der Waals surface area contributed by atoms with Crippen molar-refractivity contribution in [2.24, 2.45) is 11.3 Å². The van der Waals surface area contributed by atoms with E-state index in [0.717, 1.165) is 5.92 Å². The first-order valence-electron chi connectivity index (χ1n) is 8.87. The molecule has 0 amide bonds. The lowest BCUT2D eigenvalue weighted by Gasteiger charge is -2.39. The van der Waals surface area contributed by atoms with Crippen LogP contribution in [0, 0.1) is 11.3 Å². The zero-order valence-electron chi connectivity index (χ0n) is 14.2. The zero-order valence-corrected chi connectivity index (χ0v) is 14.2. The Morgan fingerprint density at radius 1 is 1.10 bits per heavy atom. The van der Waals surface area contributed by atoms with Crippen molar-refractivity contribution in [2.45, 2.75) is 71.3 Å². The van der Waals surface area contributed by atoms with E-state index in [2.05, 4.69) is 56.5 Å². The SMILES string of the molecule is CNC(CCCc1ccccc1)C1(CC(C)C)CCCC1. The molecule has 0 radical (unpaired) electrons. The summed E-state index contributed by atoms with van der Waals surface area (Å²) in [5.41, 5.74) is 2.05. The van der Waals surface area contributed by atoms with Crippen LogP contribution in [0.2, 0.25) is 0 Å². The van der Waals surface area contributed by atoms with E-state index in [9.17, 15) is 0 Å². The maximum absolute atomic E-state index is 3.68. The molecule has 0 aromatic heterocycles. The minimum absolute atomic E-state index is 0.569. The maximum atomic E-state index is 3.68. The van der Waals surface area contributed by atoms with Gasteiger partial charge in [-0.2, -0.15) is 0 Å². The molecule has 0 heterocycles. The Labute approximate surface area is 131 Å². The number of hydrogen-bond acceptors (Lipinski definition) is 1. The lowest BCUT2D eigenvalue weighted by Crippen LogP contribution is -2.43. The first kappa shape index (κ1) is 16.5. The Morgan fingerprint density at radius 3 is 2.33 bits per heavy atom. The van der Waals surface area contributed by atoms with Gasteiger partial charge in [-0.1, -0.05) is 57.0 Å². The number of nitrogens with one attached hydrogen (secondary N) is 1. The van der Waals surface area contributed by atoms with Gasteiger partial charge >= 0.3 is 0 Å². The van der Waals surface area contributed by atoms with E-state index in [1.807, 2.05) is 0 Å². The molecule has 1 saturated carbocycles. The molecular formula is C20H33N. The summed E-state index contributed by atoms with van der Waals surface area (Å²) in [6, 6.07) is 11.6. The molecule has 0 spiro atoms. The largest absolute Gasteiger partial charge is 0.316 e. The normalized spacial score (nSPS) is 19.0. The maximum Gasteiger partial charge on any atom is 0.0121 e. The van der Waals surface area contributed by atoms with Crippen molar-refractivity contribution >= 4 is 0 Å². The highest BCUT2D eigenvalue weighted by molar-refractivity contribution is 5.14. The van der Waals surface area contributed by atoms with Crippen LogP contribution < -0.4 is 5.32 Å². The van der Waals surface area contributed by atoms with E-state index in [-0.39, 0.29) is 0 Å². The van der Waals surface area contributed by atoms with E-state index in [1.165, 1.54) is 56.9 Å². The minimum Gasteiger partial charge on any atom is -0.316 e. The molecule has 1 N–H and O–H groups in total. The molecule has 1 atom stereocenters. The third-order valence-corrected chi connectivity index (χ3v) is 5.30. The van der Waals surface area contributed by atoms with Gasteiger partial charge in [-0.15, -0.1) is 0 Å². The quantitative estimate of drug-likeness (QED) is 0.692. The average Bonchev–Trinajstić information content (AvgIpc) is 2.93. The summed E-state index contributed by atoms with van der Waals surface area (Å²) in [7, 11) is 2.17. The van der Waals surface area contributed by atoms with Gasteiger partial charge in [0.05, 0.1) is 0 Å². The molecule has 1 aromatic rings. The summed E-state index contributed by atoms with van der Waals surface area (Å²) in [6.45, 7) is 4.77. The molecule has 1 fully saturated rings. The molecule has 0 bridgehead atoms. The number of hydrogen-bond donors (Lipinski definition) is 1. The van der Waals surface area contributed by atoms with Crippen molar-refractivity contribution in [3.8, 4) is 0 Å². The lowest BCUT2D eigenvalue weighted by molar-refractivity contribution is 0.152. The highest BCUT2D eigenvalue weighted by Crippen LogP contribution is 2.47. The van der Waals surface area contributed by atoms with Crippen LogP contribution in [0.25, 0.3) is 0 Å². The van der Waals surface area contributed by atoms with Gasteiger partial charge in [-0.3, -0.25) is 0 Å². The molecule has 1 aliphatic rings.